The van der Waals surface area contributed by atoms with E-state index in [1.54, 1.807) is 6.07 Å². The van der Waals surface area contributed by atoms with Crippen molar-refractivity contribution in [3.63, 3.8) is 0 Å². The summed E-state index contributed by atoms with van der Waals surface area (Å²) >= 11 is 0. The first kappa shape index (κ1) is 13.7. The van der Waals surface area contributed by atoms with Crippen LogP contribution in [0.15, 0.2) is 29.1 Å². The maximum absolute atomic E-state index is 12.1. The van der Waals surface area contributed by atoms with Crippen molar-refractivity contribution in [1.29, 1.82) is 0 Å². The molecular weight excluding hydrogens is 258 g/mol. The zero-order chi connectivity index (χ0) is 14.5. The van der Waals surface area contributed by atoms with Crippen LogP contribution in [0.5, 0.6) is 0 Å². The highest BCUT2D eigenvalue weighted by molar-refractivity contribution is 6.04. The van der Waals surface area contributed by atoms with Crippen LogP contribution in [0.3, 0.4) is 0 Å². The topological polar surface area (TPSA) is 114 Å². The van der Waals surface area contributed by atoms with E-state index in [4.69, 9.17) is 5.73 Å². The maximum atomic E-state index is 12.1. The monoisotopic (exact) mass is 273 g/mol. The standard InChI is InChI=1S/C13H15N5O2/c1-2-3-9-6-8(7-10(14)15-9)13(20)16-11-4-5-12(19)18-17-11/h4-7H,2-3H2,1H3,(H2,14,15)(H,18,19)(H,16,17,20). The van der Waals surface area contributed by atoms with Crippen molar-refractivity contribution in [3.05, 3.63) is 45.9 Å². The van der Waals surface area contributed by atoms with Crippen LogP contribution in [0.1, 0.15) is 29.4 Å². The molecule has 0 saturated carbocycles. The number of carbonyl (C=O) groups is 1. The Labute approximate surface area is 115 Å². The summed E-state index contributed by atoms with van der Waals surface area (Å²) in [5.41, 5.74) is 6.54. The minimum atomic E-state index is -0.351. The first-order valence-electron chi connectivity index (χ1n) is 6.22. The highest BCUT2D eigenvalue weighted by Crippen LogP contribution is 2.11. The third kappa shape index (κ3) is 3.41. The van der Waals surface area contributed by atoms with Crippen LogP contribution in [-0.4, -0.2) is 21.1 Å². The van der Waals surface area contributed by atoms with Crippen LogP contribution < -0.4 is 16.6 Å². The molecule has 0 atom stereocenters. The minimum absolute atomic E-state index is 0.266. The van der Waals surface area contributed by atoms with Gasteiger partial charge >= 0.3 is 0 Å². The molecule has 7 heteroatoms. The lowest BCUT2D eigenvalue weighted by Gasteiger charge is -2.06. The van der Waals surface area contributed by atoms with Crippen LogP contribution in [0.2, 0.25) is 0 Å². The van der Waals surface area contributed by atoms with E-state index in [0.717, 1.165) is 18.5 Å². The van der Waals surface area contributed by atoms with Gasteiger partial charge in [-0.3, -0.25) is 9.59 Å². The molecule has 0 aliphatic rings. The van der Waals surface area contributed by atoms with Gasteiger partial charge in [0.05, 0.1) is 0 Å². The number of aryl methyl sites for hydroxylation is 1. The molecule has 2 aromatic heterocycles. The fourth-order valence-electron chi connectivity index (χ4n) is 1.73. The van der Waals surface area contributed by atoms with Gasteiger partial charge in [-0.25, -0.2) is 10.1 Å². The molecule has 4 N–H and O–H groups in total. The maximum Gasteiger partial charge on any atom is 0.264 e. The van der Waals surface area contributed by atoms with Gasteiger partial charge in [-0.15, -0.1) is 0 Å². The largest absolute Gasteiger partial charge is 0.384 e. The summed E-state index contributed by atoms with van der Waals surface area (Å²) < 4.78 is 0. The Balaban J connectivity index is 2.20. The molecule has 104 valence electrons. The molecule has 2 aromatic rings. The first-order valence-corrected chi connectivity index (χ1v) is 6.22. The van der Waals surface area contributed by atoms with Gasteiger partial charge in [0.15, 0.2) is 5.82 Å². The summed E-state index contributed by atoms with van der Waals surface area (Å²) in [6, 6.07) is 5.90. The van der Waals surface area contributed by atoms with E-state index in [0.29, 0.717) is 11.4 Å². The number of amides is 1. The number of H-pyrrole nitrogens is 1. The van der Waals surface area contributed by atoms with E-state index in [1.807, 2.05) is 6.92 Å². The van der Waals surface area contributed by atoms with E-state index >= 15 is 0 Å². The number of anilines is 2. The predicted octanol–water partition coefficient (Wildman–Crippen LogP) is 0.952. The molecule has 1 amide bonds. The Bertz CT molecular complexity index is 660. The van der Waals surface area contributed by atoms with Gasteiger partial charge in [0.1, 0.15) is 5.82 Å². The Hall–Kier alpha value is -2.70. The number of aromatic nitrogens is 3. The second kappa shape index (κ2) is 5.96. The minimum Gasteiger partial charge on any atom is -0.384 e. The molecule has 0 fully saturated rings. The molecule has 0 bridgehead atoms. The molecule has 0 aliphatic carbocycles. The lowest BCUT2D eigenvalue weighted by molar-refractivity contribution is 0.102. The average Bonchev–Trinajstić information content (AvgIpc) is 2.41. The summed E-state index contributed by atoms with van der Waals surface area (Å²) in [5, 5.41) is 8.53. The van der Waals surface area contributed by atoms with Crippen molar-refractivity contribution < 1.29 is 4.79 Å². The number of nitrogen functional groups attached to an aromatic ring is 1. The number of hydrogen-bond donors (Lipinski definition) is 3. The van der Waals surface area contributed by atoms with E-state index in [9.17, 15) is 9.59 Å². The average molecular weight is 273 g/mol. The first-order chi connectivity index (χ1) is 9.58. The van der Waals surface area contributed by atoms with Gasteiger partial charge in [-0.05, 0) is 24.6 Å². The van der Waals surface area contributed by atoms with Crippen molar-refractivity contribution in [2.45, 2.75) is 19.8 Å². The fourth-order valence-corrected chi connectivity index (χ4v) is 1.73. The van der Waals surface area contributed by atoms with Gasteiger partial charge in [0.25, 0.3) is 11.5 Å². The Morgan fingerprint density at radius 1 is 1.40 bits per heavy atom. The van der Waals surface area contributed by atoms with Crippen LogP contribution in [0.4, 0.5) is 11.6 Å². The number of aromatic amines is 1. The highest BCUT2D eigenvalue weighted by Gasteiger charge is 2.10. The zero-order valence-electron chi connectivity index (χ0n) is 11.0. The van der Waals surface area contributed by atoms with Gasteiger partial charge in [-0.2, -0.15) is 5.10 Å². The summed E-state index contributed by atoms with van der Waals surface area (Å²) in [6.45, 7) is 2.02. The molecule has 20 heavy (non-hydrogen) atoms. The van der Waals surface area contributed by atoms with Crippen LogP contribution >= 0.6 is 0 Å². The number of hydrogen-bond acceptors (Lipinski definition) is 5. The van der Waals surface area contributed by atoms with Crippen molar-refractivity contribution in [1.82, 2.24) is 15.2 Å². The molecular formula is C13H15N5O2. The van der Waals surface area contributed by atoms with Crippen LogP contribution in [-0.2, 0) is 6.42 Å². The van der Waals surface area contributed by atoms with Gasteiger partial charge in [0.2, 0.25) is 0 Å². The third-order valence-corrected chi connectivity index (χ3v) is 2.59. The molecule has 0 spiro atoms. The van der Waals surface area contributed by atoms with Gasteiger partial charge in [0, 0.05) is 17.3 Å². The lowest BCUT2D eigenvalue weighted by Crippen LogP contribution is -2.16. The van der Waals surface area contributed by atoms with E-state index in [2.05, 4.69) is 20.5 Å². The molecule has 0 aromatic carbocycles. The Morgan fingerprint density at radius 2 is 2.20 bits per heavy atom. The van der Waals surface area contributed by atoms with Crippen molar-refractivity contribution >= 4 is 17.5 Å². The van der Waals surface area contributed by atoms with E-state index < -0.39 is 0 Å². The molecule has 0 aliphatic heterocycles. The highest BCUT2D eigenvalue weighted by atomic mass is 16.2. The number of nitrogens with one attached hydrogen (secondary N) is 2. The summed E-state index contributed by atoms with van der Waals surface area (Å²) in [7, 11) is 0. The third-order valence-electron chi connectivity index (χ3n) is 2.59. The Kier molecular flexibility index (Phi) is 4.09. The normalized spacial score (nSPS) is 10.2. The number of rotatable bonds is 4. The second-order valence-electron chi connectivity index (χ2n) is 4.28. The quantitative estimate of drug-likeness (QED) is 0.767. The molecule has 2 heterocycles. The molecule has 7 nitrogen and oxygen atoms in total. The Morgan fingerprint density at radius 3 is 2.85 bits per heavy atom. The zero-order valence-corrected chi connectivity index (χ0v) is 11.0. The number of pyridine rings is 1. The molecule has 2 rings (SSSR count). The van der Waals surface area contributed by atoms with Gasteiger partial charge in [-0.1, -0.05) is 13.3 Å². The molecule has 0 unspecified atom stereocenters. The molecule has 0 saturated heterocycles. The number of nitrogens with two attached hydrogens (primary N) is 1. The van der Waals surface area contributed by atoms with Crippen molar-refractivity contribution in [2.75, 3.05) is 11.1 Å². The SMILES string of the molecule is CCCc1cc(C(=O)Nc2ccc(=O)[nH]n2)cc(N)n1. The lowest BCUT2D eigenvalue weighted by atomic mass is 10.1. The predicted molar refractivity (Wildman–Crippen MR) is 75.5 cm³/mol. The van der Waals surface area contributed by atoms with Crippen LogP contribution in [0, 0.1) is 0 Å². The summed E-state index contributed by atoms with van der Waals surface area (Å²) in [5.74, 6) is 0.216. The van der Waals surface area contributed by atoms with Gasteiger partial charge < -0.3 is 11.1 Å². The fraction of sp³-hybridized carbons (Fsp3) is 0.231. The van der Waals surface area contributed by atoms with E-state index in [-0.39, 0.29) is 17.3 Å². The summed E-state index contributed by atoms with van der Waals surface area (Å²) in [6.07, 6.45) is 1.67. The van der Waals surface area contributed by atoms with Crippen LogP contribution in [0.25, 0.3) is 0 Å². The van der Waals surface area contributed by atoms with E-state index in [1.165, 1.54) is 18.2 Å². The van der Waals surface area contributed by atoms with Crippen molar-refractivity contribution in [3.8, 4) is 0 Å². The number of carbonyl (C=O) groups excluding carboxylic acids is 1. The molecule has 0 radical (unpaired) electrons. The number of nitrogens with zero attached hydrogens (tertiary/aromatic N) is 2. The smallest absolute Gasteiger partial charge is 0.264 e. The second-order valence-corrected chi connectivity index (χ2v) is 4.28. The summed E-state index contributed by atoms with van der Waals surface area (Å²) in [4.78, 5) is 27.1. The van der Waals surface area contributed by atoms with Crippen molar-refractivity contribution in [2.24, 2.45) is 0 Å².